The molecule has 8 heteroatoms. The van der Waals surface area contributed by atoms with Gasteiger partial charge in [-0.15, -0.1) is 0 Å². The number of aryl methyl sites for hydroxylation is 2. The Bertz CT molecular complexity index is 1000. The molecule has 0 bridgehead atoms. The predicted octanol–water partition coefficient (Wildman–Crippen LogP) is 3.56. The van der Waals surface area contributed by atoms with Gasteiger partial charge in [0.25, 0.3) is 5.91 Å². The van der Waals surface area contributed by atoms with Crippen LogP contribution in [0.15, 0.2) is 36.4 Å². The summed E-state index contributed by atoms with van der Waals surface area (Å²) < 4.78 is 10.7. The van der Waals surface area contributed by atoms with Crippen LogP contribution in [0.25, 0.3) is 0 Å². The molecular formula is C19H18N4O3S. The van der Waals surface area contributed by atoms with Gasteiger partial charge in [0.2, 0.25) is 6.79 Å². The molecule has 3 aromatic rings. The van der Waals surface area contributed by atoms with Crippen molar-refractivity contribution in [3.05, 3.63) is 58.2 Å². The van der Waals surface area contributed by atoms with Gasteiger partial charge in [0.05, 0.1) is 5.69 Å². The smallest absolute Gasteiger partial charge is 0.263 e. The maximum atomic E-state index is 12.6. The van der Waals surface area contributed by atoms with Crippen LogP contribution in [0.4, 0.5) is 10.9 Å². The van der Waals surface area contributed by atoms with E-state index in [0.717, 1.165) is 17.0 Å². The van der Waals surface area contributed by atoms with E-state index in [1.54, 1.807) is 0 Å². The molecule has 0 radical (unpaired) electrons. The number of carbonyl (C=O) groups is 1. The van der Waals surface area contributed by atoms with Crippen LogP contribution in [-0.2, 0) is 6.54 Å². The summed E-state index contributed by atoms with van der Waals surface area (Å²) in [6, 6.07) is 11.3. The molecular weight excluding hydrogens is 364 g/mol. The molecule has 0 aliphatic carbocycles. The van der Waals surface area contributed by atoms with E-state index in [0.29, 0.717) is 33.8 Å². The molecule has 0 unspecified atom stereocenters. The number of nitrogens with zero attached hydrogens (tertiary/aromatic N) is 2. The van der Waals surface area contributed by atoms with E-state index in [4.69, 9.17) is 9.47 Å². The van der Waals surface area contributed by atoms with Crippen molar-refractivity contribution in [2.24, 2.45) is 0 Å². The highest BCUT2D eigenvalue weighted by molar-refractivity contribution is 7.17. The fourth-order valence-electron chi connectivity index (χ4n) is 2.70. The molecule has 0 saturated heterocycles. The minimum absolute atomic E-state index is 0.159. The van der Waals surface area contributed by atoms with Crippen LogP contribution in [-0.4, -0.2) is 22.7 Å². The Morgan fingerprint density at radius 1 is 1.15 bits per heavy atom. The van der Waals surface area contributed by atoms with Gasteiger partial charge in [-0.05, 0) is 43.7 Å². The van der Waals surface area contributed by atoms with Crippen LogP contribution >= 0.6 is 11.3 Å². The molecule has 138 valence electrons. The summed E-state index contributed by atoms with van der Waals surface area (Å²) in [4.78, 5) is 21.9. The average molecular weight is 382 g/mol. The topological polar surface area (TPSA) is 85.4 Å². The van der Waals surface area contributed by atoms with E-state index in [-0.39, 0.29) is 12.7 Å². The van der Waals surface area contributed by atoms with E-state index in [1.807, 2.05) is 50.2 Å². The van der Waals surface area contributed by atoms with Gasteiger partial charge in [-0.2, -0.15) is 0 Å². The lowest BCUT2D eigenvalue weighted by atomic mass is 10.2. The van der Waals surface area contributed by atoms with Crippen LogP contribution in [0, 0.1) is 13.8 Å². The largest absolute Gasteiger partial charge is 0.454 e. The summed E-state index contributed by atoms with van der Waals surface area (Å²) >= 11 is 1.30. The van der Waals surface area contributed by atoms with Gasteiger partial charge in [-0.25, -0.2) is 9.97 Å². The number of nitrogens with one attached hydrogen (secondary N) is 2. The minimum Gasteiger partial charge on any atom is -0.454 e. The van der Waals surface area contributed by atoms with Crippen molar-refractivity contribution in [1.82, 2.24) is 15.3 Å². The number of hydrogen-bond acceptors (Lipinski definition) is 7. The highest BCUT2D eigenvalue weighted by Gasteiger charge is 2.17. The fourth-order valence-corrected chi connectivity index (χ4v) is 3.59. The number of carbonyl (C=O) groups excluding carboxylic acids is 1. The molecule has 4 rings (SSSR count). The third-order valence-electron chi connectivity index (χ3n) is 4.02. The van der Waals surface area contributed by atoms with Crippen molar-refractivity contribution in [1.29, 1.82) is 0 Å². The molecule has 0 spiro atoms. The van der Waals surface area contributed by atoms with E-state index in [9.17, 15) is 4.79 Å². The summed E-state index contributed by atoms with van der Waals surface area (Å²) in [6.07, 6.45) is 0. The van der Waals surface area contributed by atoms with Crippen LogP contribution < -0.4 is 20.1 Å². The Kier molecular flexibility index (Phi) is 4.64. The SMILES string of the molecule is Cc1cccc(Nc2nc(C)c(C(=O)NCc3ccc4c(c3)OCO4)s2)n1. The third kappa shape index (κ3) is 3.85. The van der Waals surface area contributed by atoms with Gasteiger partial charge in [0, 0.05) is 12.2 Å². The molecule has 1 aliphatic rings. The van der Waals surface area contributed by atoms with Crippen LogP contribution in [0.1, 0.15) is 26.6 Å². The molecule has 0 saturated carbocycles. The highest BCUT2D eigenvalue weighted by atomic mass is 32.1. The van der Waals surface area contributed by atoms with Crippen molar-refractivity contribution in [3.63, 3.8) is 0 Å². The lowest BCUT2D eigenvalue weighted by molar-refractivity contribution is 0.0954. The highest BCUT2D eigenvalue weighted by Crippen LogP contribution is 2.32. The van der Waals surface area contributed by atoms with Gasteiger partial charge < -0.3 is 20.1 Å². The third-order valence-corrected chi connectivity index (χ3v) is 5.09. The van der Waals surface area contributed by atoms with Crippen LogP contribution in [0.2, 0.25) is 0 Å². The lowest BCUT2D eigenvalue weighted by Crippen LogP contribution is -2.22. The average Bonchev–Trinajstić information content (AvgIpc) is 3.25. The number of amides is 1. The number of pyridine rings is 1. The summed E-state index contributed by atoms with van der Waals surface area (Å²) in [5.74, 6) is 1.97. The fraction of sp³-hybridized carbons (Fsp3) is 0.211. The Hall–Kier alpha value is -3.13. The first-order valence-corrected chi connectivity index (χ1v) is 9.25. The van der Waals surface area contributed by atoms with E-state index < -0.39 is 0 Å². The zero-order chi connectivity index (χ0) is 18.8. The van der Waals surface area contributed by atoms with Crippen molar-refractivity contribution < 1.29 is 14.3 Å². The monoisotopic (exact) mass is 382 g/mol. The number of rotatable bonds is 5. The second kappa shape index (κ2) is 7.24. The molecule has 0 atom stereocenters. The van der Waals surface area contributed by atoms with Crippen LogP contribution in [0.5, 0.6) is 11.5 Å². The van der Waals surface area contributed by atoms with Gasteiger partial charge in [0.15, 0.2) is 16.6 Å². The second-order valence-electron chi connectivity index (χ2n) is 6.09. The van der Waals surface area contributed by atoms with Crippen molar-refractivity contribution >= 4 is 28.2 Å². The number of benzene rings is 1. The van der Waals surface area contributed by atoms with Crippen molar-refractivity contribution in [3.8, 4) is 11.5 Å². The molecule has 2 N–H and O–H groups in total. The zero-order valence-electron chi connectivity index (χ0n) is 14.9. The Morgan fingerprint density at radius 2 is 2.00 bits per heavy atom. The molecule has 27 heavy (non-hydrogen) atoms. The number of ether oxygens (including phenoxy) is 2. The molecule has 0 fully saturated rings. The molecule has 1 aliphatic heterocycles. The lowest BCUT2D eigenvalue weighted by Gasteiger charge is -2.05. The predicted molar refractivity (Wildman–Crippen MR) is 103 cm³/mol. The maximum Gasteiger partial charge on any atom is 0.263 e. The quantitative estimate of drug-likeness (QED) is 0.702. The van der Waals surface area contributed by atoms with Crippen molar-refractivity contribution in [2.45, 2.75) is 20.4 Å². The number of anilines is 2. The second-order valence-corrected chi connectivity index (χ2v) is 7.09. The number of thiazole rings is 1. The standard InChI is InChI=1S/C19H18N4O3S/c1-11-4-3-5-16(21-11)23-19-22-12(2)17(27-19)18(24)20-9-13-6-7-14-15(8-13)26-10-25-14/h3-8H,9-10H2,1-2H3,(H,20,24)(H,21,22,23). The van der Waals surface area contributed by atoms with Gasteiger partial charge in [-0.3, -0.25) is 4.79 Å². The minimum atomic E-state index is -0.159. The Balaban J connectivity index is 1.42. The first-order chi connectivity index (χ1) is 13.1. The first kappa shape index (κ1) is 17.3. The number of fused-ring (bicyclic) bond motifs is 1. The summed E-state index contributed by atoms with van der Waals surface area (Å²) in [7, 11) is 0. The number of hydrogen-bond donors (Lipinski definition) is 2. The Labute approximate surface area is 160 Å². The summed E-state index contributed by atoms with van der Waals surface area (Å²) in [5.41, 5.74) is 2.53. The molecule has 2 aromatic heterocycles. The summed E-state index contributed by atoms with van der Waals surface area (Å²) in [6.45, 7) is 4.37. The molecule has 3 heterocycles. The number of aromatic nitrogens is 2. The van der Waals surface area contributed by atoms with Gasteiger partial charge >= 0.3 is 0 Å². The normalized spacial score (nSPS) is 12.1. The summed E-state index contributed by atoms with van der Waals surface area (Å²) in [5, 5.41) is 6.71. The van der Waals surface area contributed by atoms with Crippen LogP contribution in [0.3, 0.4) is 0 Å². The zero-order valence-corrected chi connectivity index (χ0v) is 15.7. The van der Waals surface area contributed by atoms with E-state index in [1.165, 1.54) is 11.3 Å². The van der Waals surface area contributed by atoms with E-state index >= 15 is 0 Å². The maximum absolute atomic E-state index is 12.6. The van der Waals surface area contributed by atoms with Gasteiger partial charge in [-0.1, -0.05) is 23.5 Å². The van der Waals surface area contributed by atoms with Crippen molar-refractivity contribution in [2.75, 3.05) is 12.1 Å². The van der Waals surface area contributed by atoms with E-state index in [2.05, 4.69) is 20.6 Å². The first-order valence-electron chi connectivity index (χ1n) is 8.43. The van der Waals surface area contributed by atoms with Gasteiger partial charge in [0.1, 0.15) is 10.7 Å². The molecule has 1 aromatic carbocycles. The molecule has 1 amide bonds. The molecule has 7 nitrogen and oxygen atoms in total. The Morgan fingerprint density at radius 3 is 2.85 bits per heavy atom.